The molecule has 0 heterocycles. The lowest BCUT2D eigenvalue weighted by molar-refractivity contribution is -0.136. The van der Waals surface area contributed by atoms with Gasteiger partial charge in [0.1, 0.15) is 6.61 Å². The molecule has 0 radical (unpaired) electrons. The van der Waals surface area contributed by atoms with Gasteiger partial charge in [-0.05, 0) is 54.6 Å². The van der Waals surface area contributed by atoms with Gasteiger partial charge in [0.15, 0.2) is 0 Å². The van der Waals surface area contributed by atoms with Crippen LogP contribution in [0.5, 0.6) is 0 Å². The van der Waals surface area contributed by atoms with E-state index in [4.69, 9.17) is 4.74 Å². The Labute approximate surface area is 186 Å². The van der Waals surface area contributed by atoms with Gasteiger partial charge in [-0.25, -0.2) is 4.79 Å². The fraction of sp³-hybridized carbons (Fsp3) is 0.214. The standard InChI is InChI=1S/C28H31O2P/c1-3-5-17-25(4-2)31(26-18-11-7-12-19-26,27-20-13-8-14-21-27)23-28(29)30-22-24-15-9-6-10-16-24/h4-7,9-13,15-21,23H,3,8,14,22H2,1-2H3/b17-5-,25-4+. The molecule has 1 aliphatic rings. The molecule has 2 aromatic rings. The molecule has 31 heavy (non-hydrogen) atoms. The fourth-order valence-corrected chi connectivity index (χ4v) is 7.66. The van der Waals surface area contributed by atoms with E-state index in [0.717, 1.165) is 24.8 Å². The summed E-state index contributed by atoms with van der Waals surface area (Å²) in [4.78, 5) is 13.2. The lowest BCUT2D eigenvalue weighted by atomic mass is 10.2. The Morgan fingerprint density at radius 2 is 1.74 bits per heavy atom. The topological polar surface area (TPSA) is 26.3 Å². The minimum absolute atomic E-state index is 0.273. The molecular weight excluding hydrogens is 399 g/mol. The summed E-state index contributed by atoms with van der Waals surface area (Å²) in [5.41, 5.74) is 0.988. The van der Waals surface area contributed by atoms with Crippen molar-refractivity contribution in [3.63, 3.8) is 0 Å². The van der Waals surface area contributed by atoms with Crippen molar-refractivity contribution in [2.75, 3.05) is 0 Å². The molecule has 0 amide bonds. The van der Waals surface area contributed by atoms with Gasteiger partial charge in [-0.15, -0.1) is 0 Å². The first-order valence-electron chi connectivity index (χ1n) is 10.9. The number of carbonyl (C=O) groups excluding carboxylic acids is 1. The summed E-state index contributed by atoms with van der Waals surface area (Å²) in [6, 6.07) is 20.2. The second-order valence-electron chi connectivity index (χ2n) is 7.41. The van der Waals surface area contributed by atoms with E-state index in [-0.39, 0.29) is 12.6 Å². The number of esters is 1. The van der Waals surface area contributed by atoms with Gasteiger partial charge < -0.3 is 4.74 Å². The van der Waals surface area contributed by atoms with Crippen LogP contribution in [0.2, 0.25) is 0 Å². The highest BCUT2D eigenvalue weighted by Crippen LogP contribution is 2.62. The predicted octanol–water partition coefficient (Wildman–Crippen LogP) is 6.98. The maximum absolute atomic E-state index is 13.2. The minimum atomic E-state index is -2.29. The first-order valence-corrected chi connectivity index (χ1v) is 12.8. The van der Waals surface area contributed by atoms with Gasteiger partial charge in [-0.2, -0.15) is 0 Å². The molecule has 0 spiro atoms. The molecule has 0 N–H and O–H groups in total. The van der Waals surface area contributed by atoms with Crippen molar-refractivity contribution >= 4 is 24.0 Å². The molecule has 3 heteroatoms. The average Bonchev–Trinajstić information content (AvgIpc) is 2.84. The summed E-state index contributed by atoms with van der Waals surface area (Å²) in [7, 11) is 0. The van der Waals surface area contributed by atoms with Gasteiger partial charge in [0.05, 0.1) is 0 Å². The molecule has 1 aliphatic carbocycles. The Hall–Kier alpha value is -2.83. The van der Waals surface area contributed by atoms with Crippen molar-refractivity contribution in [3.8, 4) is 0 Å². The van der Waals surface area contributed by atoms with Crippen molar-refractivity contribution in [3.05, 3.63) is 113 Å². The summed E-state index contributed by atoms with van der Waals surface area (Å²) in [5.74, 6) is 1.59. The van der Waals surface area contributed by atoms with Crippen molar-refractivity contribution < 1.29 is 9.53 Å². The predicted molar refractivity (Wildman–Crippen MR) is 135 cm³/mol. The molecule has 3 rings (SSSR count). The molecule has 0 saturated heterocycles. The third-order valence-corrected chi connectivity index (χ3v) is 9.38. The lowest BCUT2D eigenvalue weighted by Gasteiger charge is -2.31. The normalized spacial score (nSPS) is 15.9. The maximum atomic E-state index is 13.2. The second-order valence-corrected chi connectivity index (χ2v) is 10.7. The van der Waals surface area contributed by atoms with E-state index < -0.39 is 6.89 Å². The number of ether oxygens (including phenoxy) is 1. The monoisotopic (exact) mass is 430 g/mol. The van der Waals surface area contributed by atoms with Crippen LogP contribution in [0.25, 0.3) is 0 Å². The van der Waals surface area contributed by atoms with Crippen LogP contribution in [0.3, 0.4) is 0 Å². The first kappa shape index (κ1) is 22.8. The Morgan fingerprint density at radius 3 is 2.35 bits per heavy atom. The first-order chi connectivity index (χ1) is 15.2. The molecule has 2 nitrogen and oxygen atoms in total. The van der Waals surface area contributed by atoms with E-state index in [1.807, 2.05) is 42.2 Å². The van der Waals surface area contributed by atoms with Crippen molar-refractivity contribution in [2.45, 2.75) is 39.7 Å². The van der Waals surface area contributed by atoms with Gasteiger partial charge >= 0.3 is 5.97 Å². The highest BCUT2D eigenvalue weighted by molar-refractivity contribution is 7.90. The molecular formula is C28H31O2P. The van der Waals surface area contributed by atoms with E-state index in [1.165, 1.54) is 15.9 Å². The summed E-state index contributed by atoms with van der Waals surface area (Å²) in [6.07, 6.45) is 16.2. The van der Waals surface area contributed by atoms with Crippen LogP contribution in [0, 0.1) is 0 Å². The molecule has 160 valence electrons. The van der Waals surface area contributed by atoms with E-state index >= 15 is 0 Å². The highest BCUT2D eigenvalue weighted by Gasteiger charge is 2.28. The van der Waals surface area contributed by atoms with Crippen molar-refractivity contribution in [1.29, 1.82) is 0 Å². The van der Waals surface area contributed by atoms with Crippen LogP contribution in [-0.4, -0.2) is 11.8 Å². The van der Waals surface area contributed by atoms with Crippen LogP contribution < -0.4 is 5.30 Å². The molecule has 0 aromatic heterocycles. The Kier molecular flexibility index (Phi) is 8.50. The van der Waals surface area contributed by atoms with Crippen LogP contribution in [0.1, 0.15) is 38.7 Å². The van der Waals surface area contributed by atoms with Crippen LogP contribution >= 0.6 is 6.89 Å². The molecule has 0 saturated carbocycles. The fourth-order valence-electron chi connectivity index (χ4n) is 3.78. The smallest absolute Gasteiger partial charge is 0.332 e. The van der Waals surface area contributed by atoms with Gasteiger partial charge in [-0.3, -0.25) is 0 Å². The second kappa shape index (κ2) is 11.5. The quantitative estimate of drug-likeness (QED) is 0.257. The molecule has 0 bridgehead atoms. The number of benzene rings is 2. The molecule has 0 aliphatic heterocycles. The van der Waals surface area contributed by atoms with E-state index in [9.17, 15) is 4.79 Å². The SMILES string of the molecule is C/C=C(\C=C/CC)P(=CC(=O)OCc1ccccc1)(C1=CCCC=C1)c1ccccc1. The molecule has 0 fully saturated rings. The van der Waals surface area contributed by atoms with E-state index in [2.05, 4.69) is 74.6 Å². The van der Waals surface area contributed by atoms with Gasteiger partial charge in [0.25, 0.3) is 0 Å². The third-order valence-electron chi connectivity index (χ3n) is 5.30. The van der Waals surface area contributed by atoms with E-state index in [0.29, 0.717) is 0 Å². The number of carbonyl (C=O) groups is 1. The van der Waals surface area contributed by atoms with Crippen molar-refractivity contribution in [1.82, 2.24) is 0 Å². The zero-order valence-corrected chi connectivity index (χ0v) is 19.3. The van der Waals surface area contributed by atoms with Crippen LogP contribution in [-0.2, 0) is 16.1 Å². The highest BCUT2D eigenvalue weighted by atomic mass is 31.2. The largest absolute Gasteiger partial charge is 0.458 e. The Balaban J connectivity index is 2.14. The van der Waals surface area contributed by atoms with Gasteiger partial charge in [0.2, 0.25) is 0 Å². The minimum Gasteiger partial charge on any atom is -0.458 e. The zero-order valence-electron chi connectivity index (χ0n) is 18.4. The van der Waals surface area contributed by atoms with Crippen LogP contribution in [0.15, 0.2) is 108 Å². The zero-order chi connectivity index (χ0) is 21.9. The van der Waals surface area contributed by atoms with Crippen LogP contribution in [0.4, 0.5) is 0 Å². The number of allylic oxidation sites excluding steroid dienone is 8. The number of hydrogen-bond donors (Lipinski definition) is 0. The summed E-state index contributed by atoms with van der Waals surface area (Å²) < 4.78 is 5.73. The Morgan fingerprint density at radius 1 is 1.03 bits per heavy atom. The molecule has 1 unspecified atom stereocenters. The average molecular weight is 431 g/mol. The summed E-state index contributed by atoms with van der Waals surface area (Å²) in [5, 5.41) is 3.56. The van der Waals surface area contributed by atoms with Gasteiger partial charge in [-0.1, -0.05) is 104 Å². The third kappa shape index (κ3) is 5.66. The summed E-state index contributed by atoms with van der Waals surface area (Å²) in [6.45, 7) is 2.17. The lowest BCUT2D eigenvalue weighted by Crippen LogP contribution is -2.16. The van der Waals surface area contributed by atoms with Gasteiger partial charge in [0, 0.05) is 5.80 Å². The number of rotatable bonds is 8. The molecule has 1 atom stereocenters. The molecule has 2 aromatic carbocycles. The number of hydrogen-bond acceptors (Lipinski definition) is 2. The summed E-state index contributed by atoms with van der Waals surface area (Å²) >= 11 is 0. The maximum Gasteiger partial charge on any atom is 0.332 e. The Bertz CT molecular complexity index is 1040. The van der Waals surface area contributed by atoms with E-state index in [1.54, 1.807) is 0 Å². The van der Waals surface area contributed by atoms with Crippen molar-refractivity contribution in [2.24, 2.45) is 0 Å².